The van der Waals surface area contributed by atoms with Crippen LogP contribution in [0.3, 0.4) is 0 Å². The zero-order chi connectivity index (χ0) is 14.4. The maximum absolute atomic E-state index is 12.2. The summed E-state index contributed by atoms with van der Waals surface area (Å²) in [4.78, 5) is 25.7. The molecule has 2 amide bonds. The summed E-state index contributed by atoms with van der Waals surface area (Å²) in [7, 11) is 0. The smallest absolute Gasteiger partial charge is 0.247 e. The van der Waals surface area contributed by atoms with Gasteiger partial charge in [0.25, 0.3) is 0 Å². The van der Waals surface area contributed by atoms with E-state index >= 15 is 0 Å². The van der Waals surface area contributed by atoms with E-state index in [-0.39, 0.29) is 23.9 Å². The van der Waals surface area contributed by atoms with Crippen molar-refractivity contribution < 1.29 is 9.59 Å². The van der Waals surface area contributed by atoms with Crippen molar-refractivity contribution in [3.8, 4) is 0 Å². The second kappa shape index (κ2) is 7.63. The average molecular weight is 268 g/mol. The summed E-state index contributed by atoms with van der Waals surface area (Å²) >= 11 is 0. The third-order valence-corrected chi connectivity index (χ3v) is 3.84. The number of carbonyl (C=O) groups excluding carboxylic acids is 2. The van der Waals surface area contributed by atoms with Crippen molar-refractivity contribution in [1.82, 2.24) is 10.2 Å². The van der Waals surface area contributed by atoms with E-state index < -0.39 is 0 Å². The van der Waals surface area contributed by atoms with E-state index in [1.807, 2.05) is 13.8 Å². The molecule has 1 fully saturated rings. The van der Waals surface area contributed by atoms with Crippen molar-refractivity contribution in [3.63, 3.8) is 0 Å². The van der Waals surface area contributed by atoms with Crippen LogP contribution in [0.15, 0.2) is 0 Å². The molecule has 4 nitrogen and oxygen atoms in total. The first-order valence-corrected chi connectivity index (χ1v) is 7.60. The first-order chi connectivity index (χ1) is 9.01. The topological polar surface area (TPSA) is 49.4 Å². The molecule has 0 spiro atoms. The quantitative estimate of drug-likeness (QED) is 0.543. The molecule has 19 heavy (non-hydrogen) atoms. The minimum Gasteiger partial charge on any atom is -0.305 e. The number of nitrogens with one attached hydrogen (secondary N) is 1. The molecular formula is C15H28N2O2. The maximum atomic E-state index is 12.2. The molecule has 1 unspecified atom stereocenters. The first-order valence-electron chi connectivity index (χ1n) is 7.60. The highest BCUT2D eigenvalue weighted by Crippen LogP contribution is 2.20. The van der Waals surface area contributed by atoms with Crippen LogP contribution in [-0.2, 0) is 9.59 Å². The SMILES string of the molecule is CCC(CC)N1C(=O)CC(NCCCC(C)C)C1=O. The van der Waals surface area contributed by atoms with Crippen LogP contribution in [-0.4, -0.2) is 35.3 Å². The molecule has 0 aromatic carbocycles. The second-order valence-electron chi connectivity index (χ2n) is 5.82. The number of hydrogen-bond acceptors (Lipinski definition) is 3. The highest BCUT2D eigenvalue weighted by atomic mass is 16.2. The van der Waals surface area contributed by atoms with E-state index in [0.717, 1.165) is 32.2 Å². The first kappa shape index (κ1) is 16.2. The summed E-state index contributed by atoms with van der Waals surface area (Å²) in [6.45, 7) is 9.26. The van der Waals surface area contributed by atoms with Crippen LogP contribution >= 0.6 is 0 Å². The standard InChI is InChI=1S/C15H28N2O2/c1-5-12(6-2)17-14(18)10-13(15(17)19)16-9-7-8-11(3)4/h11-13,16H,5-10H2,1-4H3. The molecule has 0 aromatic heterocycles. The van der Waals surface area contributed by atoms with Crippen LogP contribution < -0.4 is 5.32 Å². The molecule has 4 heteroatoms. The number of nitrogens with zero attached hydrogens (tertiary/aromatic N) is 1. The van der Waals surface area contributed by atoms with Gasteiger partial charge in [-0.2, -0.15) is 0 Å². The zero-order valence-corrected chi connectivity index (χ0v) is 12.7. The van der Waals surface area contributed by atoms with Gasteiger partial charge in [-0.1, -0.05) is 27.7 Å². The fraction of sp³-hybridized carbons (Fsp3) is 0.867. The van der Waals surface area contributed by atoms with E-state index in [2.05, 4.69) is 19.2 Å². The Morgan fingerprint density at radius 1 is 1.26 bits per heavy atom. The molecule has 0 radical (unpaired) electrons. The Balaban J connectivity index is 2.46. The largest absolute Gasteiger partial charge is 0.305 e. The van der Waals surface area contributed by atoms with Crippen molar-refractivity contribution in [3.05, 3.63) is 0 Å². The Labute approximate surface area is 116 Å². The molecule has 0 aromatic rings. The average Bonchev–Trinajstić information content (AvgIpc) is 2.64. The fourth-order valence-corrected chi connectivity index (χ4v) is 2.63. The van der Waals surface area contributed by atoms with Gasteiger partial charge in [0.05, 0.1) is 12.5 Å². The van der Waals surface area contributed by atoms with E-state index in [1.54, 1.807) is 0 Å². The molecule has 0 bridgehead atoms. The van der Waals surface area contributed by atoms with E-state index in [4.69, 9.17) is 0 Å². The lowest BCUT2D eigenvalue weighted by atomic mass is 10.1. The molecule has 0 aliphatic carbocycles. The lowest BCUT2D eigenvalue weighted by Crippen LogP contribution is -2.43. The Bertz CT molecular complexity index is 311. The Morgan fingerprint density at radius 2 is 1.89 bits per heavy atom. The van der Waals surface area contributed by atoms with Crippen LogP contribution in [0.5, 0.6) is 0 Å². The van der Waals surface area contributed by atoms with Gasteiger partial charge >= 0.3 is 0 Å². The van der Waals surface area contributed by atoms with Gasteiger partial charge in [-0.25, -0.2) is 0 Å². The molecule has 1 N–H and O–H groups in total. The van der Waals surface area contributed by atoms with Gasteiger partial charge in [0, 0.05) is 6.04 Å². The molecular weight excluding hydrogens is 240 g/mol. The van der Waals surface area contributed by atoms with Crippen molar-refractivity contribution in [2.24, 2.45) is 5.92 Å². The third-order valence-electron chi connectivity index (χ3n) is 3.84. The van der Waals surface area contributed by atoms with Gasteiger partial charge in [0.1, 0.15) is 0 Å². The minimum atomic E-state index is -0.291. The molecule has 1 aliphatic rings. The Hall–Kier alpha value is -0.900. The highest BCUT2D eigenvalue weighted by molar-refractivity contribution is 6.05. The van der Waals surface area contributed by atoms with Gasteiger partial charge in [0.15, 0.2) is 0 Å². The van der Waals surface area contributed by atoms with E-state index in [9.17, 15) is 9.59 Å². The third kappa shape index (κ3) is 4.30. The van der Waals surface area contributed by atoms with E-state index in [0.29, 0.717) is 12.3 Å². The minimum absolute atomic E-state index is 0.0138. The van der Waals surface area contributed by atoms with Crippen LogP contribution in [0, 0.1) is 5.92 Å². The molecule has 110 valence electrons. The number of rotatable bonds is 8. The van der Waals surface area contributed by atoms with Crippen molar-refractivity contribution in [1.29, 1.82) is 0 Å². The summed E-state index contributed by atoms with van der Waals surface area (Å²) < 4.78 is 0. The molecule has 1 rings (SSSR count). The highest BCUT2D eigenvalue weighted by Gasteiger charge is 2.40. The molecule has 1 aliphatic heterocycles. The number of imide groups is 1. The fourth-order valence-electron chi connectivity index (χ4n) is 2.63. The van der Waals surface area contributed by atoms with Crippen molar-refractivity contribution in [2.45, 2.75) is 71.9 Å². The lowest BCUT2D eigenvalue weighted by molar-refractivity contribution is -0.141. The van der Waals surface area contributed by atoms with Crippen LogP contribution in [0.25, 0.3) is 0 Å². The maximum Gasteiger partial charge on any atom is 0.247 e. The summed E-state index contributed by atoms with van der Waals surface area (Å²) in [5, 5.41) is 3.24. The predicted molar refractivity (Wildman–Crippen MR) is 76.7 cm³/mol. The van der Waals surface area contributed by atoms with Gasteiger partial charge in [0.2, 0.25) is 11.8 Å². The number of amides is 2. The van der Waals surface area contributed by atoms with Gasteiger partial charge in [-0.3, -0.25) is 14.5 Å². The number of likely N-dealkylation sites (tertiary alicyclic amines) is 1. The molecule has 1 saturated heterocycles. The van der Waals surface area contributed by atoms with Gasteiger partial charge in [-0.15, -0.1) is 0 Å². The molecule has 1 atom stereocenters. The van der Waals surface area contributed by atoms with Crippen molar-refractivity contribution >= 4 is 11.8 Å². The summed E-state index contributed by atoms with van der Waals surface area (Å²) in [5.74, 6) is 0.645. The summed E-state index contributed by atoms with van der Waals surface area (Å²) in [6, 6.07) is -0.220. The van der Waals surface area contributed by atoms with Gasteiger partial charge in [-0.05, 0) is 38.1 Å². The monoisotopic (exact) mass is 268 g/mol. The zero-order valence-electron chi connectivity index (χ0n) is 12.7. The lowest BCUT2D eigenvalue weighted by Gasteiger charge is -2.24. The predicted octanol–water partition coefficient (Wildman–Crippen LogP) is 2.33. The summed E-state index contributed by atoms with van der Waals surface area (Å²) in [5.41, 5.74) is 0. The van der Waals surface area contributed by atoms with Crippen LogP contribution in [0.2, 0.25) is 0 Å². The van der Waals surface area contributed by atoms with Gasteiger partial charge < -0.3 is 5.32 Å². The molecule has 1 heterocycles. The Morgan fingerprint density at radius 3 is 2.42 bits per heavy atom. The normalized spacial score (nSPS) is 20.1. The van der Waals surface area contributed by atoms with Crippen LogP contribution in [0.4, 0.5) is 0 Å². The summed E-state index contributed by atoms with van der Waals surface area (Å²) in [6.07, 6.45) is 4.22. The van der Waals surface area contributed by atoms with Crippen LogP contribution in [0.1, 0.15) is 59.8 Å². The number of carbonyl (C=O) groups is 2. The number of hydrogen-bond donors (Lipinski definition) is 1. The van der Waals surface area contributed by atoms with E-state index in [1.165, 1.54) is 4.90 Å². The second-order valence-corrected chi connectivity index (χ2v) is 5.82. The Kier molecular flexibility index (Phi) is 6.49. The molecule has 0 saturated carbocycles. The van der Waals surface area contributed by atoms with Crippen molar-refractivity contribution in [2.75, 3.05) is 6.54 Å².